The average Bonchev–Trinajstić information content (AvgIpc) is 2.92. The third-order valence-electron chi connectivity index (χ3n) is 4.15. The van der Waals surface area contributed by atoms with Crippen LogP contribution in [0, 0.1) is 0 Å². The molecule has 0 bridgehead atoms. The van der Waals surface area contributed by atoms with Crippen LogP contribution in [0.2, 0.25) is 0 Å². The number of pyridine rings is 1. The maximum atomic E-state index is 12.2. The molecule has 0 aromatic carbocycles. The molecule has 1 heterocycles. The Labute approximate surface area is 115 Å². The Balaban J connectivity index is 2.12. The first-order chi connectivity index (χ1) is 9.02. The van der Waals surface area contributed by atoms with E-state index >= 15 is 0 Å². The molecule has 1 fully saturated rings. The maximum Gasteiger partial charge on any atom is 0.251 e. The van der Waals surface area contributed by atoms with Gasteiger partial charge in [-0.05, 0) is 45.2 Å². The molecule has 1 aromatic heterocycles. The van der Waals surface area contributed by atoms with Crippen LogP contribution in [0.25, 0.3) is 0 Å². The second-order valence-corrected chi connectivity index (χ2v) is 6.14. The van der Waals surface area contributed by atoms with Crippen LogP contribution in [0.1, 0.15) is 74.8 Å². The predicted molar refractivity (Wildman–Crippen MR) is 77.3 cm³/mol. The van der Waals surface area contributed by atoms with Crippen molar-refractivity contribution in [3.63, 3.8) is 0 Å². The van der Waals surface area contributed by atoms with Crippen LogP contribution in [-0.2, 0) is 0 Å². The number of nitrogens with zero attached hydrogens (tertiary/aromatic N) is 1. The number of carbonyl (C=O) groups excluding carboxylic acids is 1. The summed E-state index contributed by atoms with van der Waals surface area (Å²) in [5.41, 5.74) is 1.66. The highest BCUT2D eigenvalue weighted by molar-refractivity contribution is 5.94. The van der Waals surface area contributed by atoms with Crippen LogP contribution in [-0.4, -0.2) is 16.4 Å². The number of rotatable bonds is 4. The summed E-state index contributed by atoms with van der Waals surface area (Å²) in [7, 11) is 0. The molecular formula is C16H24N2O. The van der Waals surface area contributed by atoms with Gasteiger partial charge < -0.3 is 5.32 Å². The number of aromatic nitrogens is 1. The molecule has 1 N–H and O–H groups in total. The van der Waals surface area contributed by atoms with Gasteiger partial charge in [0, 0.05) is 28.9 Å². The first-order valence-corrected chi connectivity index (χ1v) is 7.30. The van der Waals surface area contributed by atoms with E-state index in [4.69, 9.17) is 0 Å². The predicted octanol–water partition coefficient (Wildman–Crippen LogP) is 3.66. The highest BCUT2D eigenvalue weighted by atomic mass is 16.1. The van der Waals surface area contributed by atoms with E-state index in [9.17, 15) is 4.79 Å². The molecule has 1 aliphatic carbocycles. The van der Waals surface area contributed by atoms with E-state index < -0.39 is 0 Å². The molecule has 1 aromatic rings. The molecule has 1 amide bonds. The topological polar surface area (TPSA) is 42.0 Å². The summed E-state index contributed by atoms with van der Waals surface area (Å²) >= 11 is 0. The fourth-order valence-corrected chi connectivity index (χ4v) is 2.50. The van der Waals surface area contributed by atoms with E-state index in [2.05, 4.69) is 17.2 Å². The van der Waals surface area contributed by atoms with Crippen molar-refractivity contribution >= 4 is 5.91 Å². The largest absolute Gasteiger partial charge is 0.347 e. The summed E-state index contributed by atoms with van der Waals surface area (Å²) in [5, 5.41) is 3.07. The fourth-order valence-electron chi connectivity index (χ4n) is 2.50. The van der Waals surface area contributed by atoms with Gasteiger partial charge in [-0.25, -0.2) is 0 Å². The van der Waals surface area contributed by atoms with Crippen molar-refractivity contribution in [2.24, 2.45) is 0 Å². The molecule has 0 aliphatic heterocycles. The van der Waals surface area contributed by atoms with Crippen LogP contribution in [0.15, 0.2) is 18.3 Å². The molecule has 19 heavy (non-hydrogen) atoms. The van der Waals surface area contributed by atoms with E-state index in [-0.39, 0.29) is 11.4 Å². The standard InChI is InChI=1S/C16H24N2O/c1-4-16(2,3)18-15(19)13-9-10-17-14(11-13)12-7-5-6-8-12/h9-12H,4-8H2,1-3H3,(H,18,19). The summed E-state index contributed by atoms with van der Waals surface area (Å²) in [4.78, 5) is 16.7. The number of amides is 1. The molecule has 1 saturated carbocycles. The highest BCUT2D eigenvalue weighted by Gasteiger charge is 2.22. The van der Waals surface area contributed by atoms with Crippen molar-refractivity contribution in [3.05, 3.63) is 29.6 Å². The Hall–Kier alpha value is -1.38. The van der Waals surface area contributed by atoms with Crippen LogP contribution < -0.4 is 5.32 Å². The summed E-state index contributed by atoms with van der Waals surface area (Å²) in [5.74, 6) is 0.556. The van der Waals surface area contributed by atoms with Crippen molar-refractivity contribution < 1.29 is 4.79 Å². The molecule has 0 unspecified atom stereocenters. The quantitative estimate of drug-likeness (QED) is 0.897. The zero-order valence-corrected chi connectivity index (χ0v) is 12.2. The van der Waals surface area contributed by atoms with Crippen LogP contribution in [0.4, 0.5) is 0 Å². The Morgan fingerprint density at radius 1 is 1.42 bits per heavy atom. The van der Waals surface area contributed by atoms with Gasteiger partial charge in [0.15, 0.2) is 0 Å². The summed E-state index contributed by atoms with van der Waals surface area (Å²) in [6, 6.07) is 3.77. The molecule has 0 radical (unpaired) electrons. The van der Waals surface area contributed by atoms with Crippen LogP contribution >= 0.6 is 0 Å². The molecule has 0 saturated heterocycles. The molecule has 3 heteroatoms. The minimum Gasteiger partial charge on any atom is -0.347 e. The third kappa shape index (κ3) is 3.55. The molecule has 3 nitrogen and oxygen atoms in total. The molecule has 2 rings (SSSR count). The third-order valence-corrected chi connectivity index (χ3v) is 4.15. The van der Waals surface area contributed by atoms with Gasteiger partial charge in [0.1, 0.15) is 0 Å². The van der Waals surface area contributed by atoms with Gasteiger partial charge in [-0.2, -0.15) is 0 Å². The number of carbonyl (C=O) groups is 1. The zero-order valence-electron chi connectivity index (χ0n) is 12.2. The van der Waals surface area contributed by atoms with Crippen LogP contribution in [0.5, 0.6) is 0 Å². The second-order valence-electron chi connectivity index (χ2n) is 6.14. The molecular weight excluding hydrogens is 236 g/mol. The number of nitrogens with one attached hydrogen (secondary N) is 1. The average molecular weight is 260 g/mol. The van der Waals surface area contributed by atoms with E-state index in [0.29, 0.717) is 5.92 Å². The normalized spacial score (nSPS) is 16.6. The SMILES string of the molecule is CCC(C)(C)NC(=O)c1ccnc(C2CCCC2)c1. The lowest BCUT2D eigenvalue weighted by atomic mass is 9.99. The van der Waals surface area contributed by atoms with Gasteiger partial charge in [-0.3, -0.25) is 9.78 Å². The Kier molecular flexibility index (Phi) is 4.23. The number of hydrogen-bond acceptors (Lipinski definition) is 2. The minimum absolute atomic E-state index is 0.00787. The van der Waals surface area contributed by atoms with E-state index in [1.165, 1.54) is 25.7 Å². The van der Waals surface area contributed by atoms with Crippen LogP contribution in [0.3, 0.4) is 0 Å². The number of hydrogen-bond donors (Lipinski definition) is 1. The minimum atomic E-state index is -0.159. The lowest BCUT2D eigenvalue weighted by Gasteiger charge is -2.24. The Bertz CT molecular complexity index is 448. The first-order valence-electron chi connectivity index (χ1n) is 7.30. The van der Waals surface area contributed by atoms with Gasteiger partial charge in [-0.1, -0.05) is 19.8 Å². The lowest BCUT2D eigenvalue weighted by Crippen LogP contribution is -2.42. The monoisotopic (exact) mass is 260 g/mol. The van der Waals surface area contributed by atoms with E-state index in [1.807, 2.05) is 19.9 Å². The smallest absolute Gasteiger partial charge is 0.251 e. The Morgan fingerprint density at radius 3 is 2.74 bits per heavy atom. The lowest BCUT2D eigenvalue weighted by molar-refractivity contribution is 0.0911. The Morgan fingerprint density at radius 2 is 2.11 bits per heavy atom. The zero-order chi connectivity index (χ0) is 13.9. The van der Waals surface area contributed by atoms with Crippen molar-refractivity contribution in [1.82, 2.24) is 10.3 Å². The highest BCUT2D eigenvalue weighted by Crippen LogP contribution is 2.33. The van der Waals surface area contributed by atoms with Gasteiger partial charge in [0.2, 0.25) is 0 Å². The maximum absolute atomic E-state index is 12.2. The molecule has 0 spiro atoms. The molecule has 104 valence electrons. The summed E-state index contributed by atoms with van der Waals surface area (Å²) in [6.45, 7) is 6.17. The first kappa shape index (κ1) is 14.0. The summed E-state index contributed by atoms with van der Waals surface area (Å²) < 4.78 is 0. The van der Waals surface area contributed by atoms with Gasteiger partial charge in [0.05, 0.1) is 0 Å². The fraction of sp³-hybridized carbons (Fsp3) is 0.625. The second kappa shape index (κ2) is 5.72. The van der Waals surface area contributed by atoms with Crippen molar-refractivity contribution in [1.29, 1.82) is 0 Å². The van der Waals surface area contributed by atoms with Gasteiger partial charge >= 0.3 is 0 Å². The van der Waals surface area contributed by atoms with E-state index in [0.717, 1.165) is 17.7 Å². The summed E-state index contributed by atoms with van der Waals surface area (Å²) in [6.07, 6.45) is 7.66. The molecule has 1 aliphatic rings. The van der Waals surface area contributed by atoms with E-state index in [1.54, 1.807) is 12.3 Å². The molecule has 0 atom stereocenters. The van der Waals surface area contributed by atoms with Crippen molar-refractivity contribution in [2.45, 2.75) is 64.3 Å². The van der Waals surface area contributed by atoms with Gasteiger partial charge in [-0.15, -0.1) is 0 Å². The van der Waals surface area contributed by atoms with Crippen molar-refractivity contribution in [2.75, 3.05) is 0 Å². The van der Waals surface area contributed by atoms with Crippen molar-refractivity contribution in [3.8, 4) is 0 Å². The van der Waals surface area contributed by atoms with Gasteiger partial charge in [0.25, 0.3) is 5.91 Å².